The van der Waals surface area contributed by atoms with E-state index >= 15 is 0 Å². The zero-order valence-corrected chi connectivity index (χ0v) is 6.99. The van der Waals surface area contributed by atoms with Crippen LogP contribution in [0.2, 0.25) is 0 Å². The van der Waals surface area contributed by atoms with E-state index in [1.165, 1.54) is 0 Å². The van der Waals surface area contributed by atoms with E-state index < -0.39 is 0 Å². The van der Waals surface area contributed by atoms with Crippen molar-refractivity contribution < 1.29 is 0 Å². The summed E-state index contributed by atoms with van der Waals surface area (Å²) < 4.78 is 1.83. The standard InChI is InChI=1S/C7H14N4/c1-3-6(8)7-9-5-10-11(7)4-2/h5-6H,3-4,8H2,1-2H3/t6-/m0/s1. The van der Waals surface area contributed by atoms with Crippen LogP contribution in [0.4, 0.5) is 0 Å². The molecule has 0 amide bonds. The first-order valence-electron chi connectivity index (χ1n) is 3.92. The van der Waals surface area contributed by atoms with Gasteiger partial charge >= 0.3 is 0 Å². The number of hydrogen-bond donors (Lipinski definition) is 1. The summed E-state index contributed by atoms with van der Waals surface area (Å²) in [7, 11) is 0. The quantitative estimate of drug-likeness (QED) is 0.697. The fourth-order valence-corrected chi connectivity index (χ4v) is 0.986. The van der Waals surface area contributed by atoms with Gasteiger partial charge in [0, 0.05) is 6.54 Å². The Morgan fingerprint density at radius 2 is 2.36 bits per heavy atom. The van der Waals surface area contributed by atoms with Crippen LogP contribution < -0.4 is 5.73 Å². The smallest absolute Gasteiger partial charge is 0.143 e. The molecular weight excluding hydrogens is 140 g/mol. The van der Waals surface area contributed by atoms with Gasteiger partial charge in [0.2, 0.25) is 0 Å². The molecular formula is C7H14N4. The Labute approximate surface area is 66.4 Å². The Morgan fingerprint density at radius 3 is 2.91 bits per heavy atom. The maximum atomic E-state index is 5.79. The zero-order chi connectivity index (χ0) is 8.27. The number of aryl methyl sites for hydroxylation is 1. The lowest BCUT2D eigenvalue weighted by molar-refractivity contribution is 0.550. The minimum absolute atomic E-state index is 0.0254. The van der Waals surface area contributed by atoms with Crippen LogP contribution in [0.15, 0.2) is 6.33 Å². The topological polar surface area (TPSA) is 56.7 Å². The van der Waals surface area contributed by atoms with Crippen molar-refractivity contribution in [2.24, 2.45) is 5.73 Å². The second kappa shape index (κ2) is 3.48. The third-order valence-corrected chi connectivity index (χ3v) is 1.72. The van der Waals surface area contributed by atoms with Crippen LogP contribution in [0.1, 0.15) is 32.1 Å². The summed E-state index contributed by atoms with van der Waals surface area (Å²) in [5, 5.41) is 4.03. The van der Waals surface area contributed by atoms with Gasteiger partial charge in [-0.25, -0.2) is 9.67 Å². The minimum atomic E-state index is 0.0254. The molecule has 11 heavy (non-hydrogen) atoms. The van der Waals surface area contributed by atoms with Gasteiger partial charge in [0.25, 0.3) is 0 Å². The van der Waals surface area contributed by atoms with E-state index in [-0.39, 0.29) is 6.04 Å². The molecule has 62 valence electrons. The highest BCUT2D eigenvalue weighted by Gasteiger charge is 2.09. The summed E-state index contributed by atoms with van der Waals surface area (Å²) >= 11 is 0. The predicted molar refractivity (Wildman–Crippen MR) is 42.9 cm³/mol. The van der Waals surface area contributed by atoms with Crippen molar-refractivity contribution in [2.45, 2.75) is 32.9 Å². The van der Waals surface area contributed by atoms with Gasteiger partial charge in [0.1, 0.15) is 12.2 Å². The molecule has 1 heterocycles. The molecule has 0 aromatic carbocycles. The summed E-state index contributed by atoms with van der Waals surface area (Å²) in [5.41, 5.74) is 5.79. The van der Waals surface area contributed by atoms with E-state index in [0.29, 0.717) is 0 Å². The SMILES string of the molecule is CC[C@H](N)c1ncnn1CC. The molecule has 4 heteroatoms. The molecule has 1 aromatic rings. The summed E-state index contributed by atoms with van der Waals surface area (Å²) in [6.45, 7) is 4.91. The minimum Gasteiger partial charge on any atom is -0.321 e. The Morgan fingerprint density at radius 1 is 1.64 bits per heavy atom. The average Bonchev–Trinajstić information content (AvgIpc) is 2.50. The number of nitrogens with zero attached hydrogens (tertiary/aromatic N) is 3. The second-order valence-corrected chi connectivity index (χ2v) is 2.45. The molecule has 1 atom stereocenters. The molecule has 0 bridgehead atoms. The van der Waals surface area contributed by atoms with Crippen molar-refractivity contribution >= 4 is 0 Å². The molecule has 0 saturated heterocycles. The Balaban J connectivity index is 2.83. The molecule has 0 spiro atoms. The molecule has 0 aliphatic rings. The van der Waals surface area contributed by atoms with Crippen LogP contribution >= 0.6 is 0 Å². The zero-order valence-electron chi connectivity index (χ0n) is 6.99. The summed E-state index contributed by atoms with van der Waals surface area (Å²) in [5.74, 6) is 0.884. The molecule has 0 fully saturated rings. The maximum Gasteiger partial charge on any atom is 0.143 e. The average molecular weight is 154 g/mol. The highest BCUT2D eigenvalue weighted by atomic mass is 15.3. The Kier molecular flexibility index (Phi) is 2.59. The van der Waals surface area contributed by atoms with Gasteiger partial charge in [-0.2, -0.15) is 5.10 Å². The highest BCUT2D eigenvalue weighted by Crippen LogP contribution is 2.08. The van der Waals surface area contributed by atoms with Crippen LogP contribution in [-0.4, -0.2) is 14.8 Å². The van der Waals surface area contributed by atoms with Crippen LogP contribution in [0.5, 0.6) is 0 Å². The number of rotatable bonds is 3. The van der Waals surface area contributed by atoms with E-state index in [4.69, 9.17) is 5.73 Å². The molecule has 0 unspecified atom stereocenters. The van der Waals surface area contributed by atoms with Crippen LogP contribution in [0, 0.1) is 0 Å². The van der Waals surface area contributed by atoms with E-state index in [9.17, 15) is 0 Å². The molecule has 1 rings (SSSR count). The number of hydrogen-bond acceptors (Lipinski definition) is 3. The summed E-state index contributed by atoms with van der Waals surface area (Å²) in [6.07, 6.45) is 2.45. The van der Waals surface area contributed by atoms with E-state index in [1.807, 2.05) is 18.5 Å². The summed E-state index contributed by atoms with van der Waals surface area (Å²) in [6, 6.07) is 0.0254. The van der Waals surface area contributed by atoms with Crippen LogP contribution in [-0.2, 0) is 6.54 Å². The molecule has 0 aliphatic carbocycles. The monoisotopic (exact) mass is 154 g/mol. The third kappa shape index (κ3) is 1.57. The van der Waals surface area contributed by atoms with E-state index in [0.717, 1.165) is 18.8 Å². The van der Waals surface area contributed by atoms with Gasteiger partial charge < -0.3 is 5.73 Å². The molecule has 2 N–H and O–H groups in total. The first-order chi connectivity index (χ1) is 5.29. The Bertz CT molecular complexity index is 218. The number of aromatic nitrogens is 3. The third-order valence-electron chi connectivity index (χ3n) is 1.72. The first kappa shape index (κ1) is 8.20. The molecule has 4 nitrogen and oxygen atoms in total. The lowest BCUT2D eigenvalue weighted by Crippen LogP contribution is -2.16. The first-order valence-corrected chi connectivity index (χ1v) is 3.92. The van der Waals surface area contributed by atoms with Gasteiger partial charge in [-0.15, -0.1) is 0 Å². The van der Waals surface area contributed by atoms with Gasteiger partial charge in [-0.1, -0.05) is 6.92 Å². The lowest BCUT2D eigenvalue weighted by Gasteiger charge is -2.07. The van der Waals surface area contributed by atoms with Crippen molar-refractivity contribution in [3.63, 3.8) is 0 Å². The normalized spacial score (nSPS) is 13.4. The van der Waals surface area contributed by atoms with Gasteiger partial charge in [-0.05, 0) is 13.3 Å². The van der Waals surface area contributed by atoms with Crippen LogP contribution in [0.3, 0.4) is 0 Å². The molecule has 0 aliphatic heterocycles. The van der Waals surface area contributed by atoms with Gasteiger partial charge in [0.05, 0.1) is 6.04 Å². The van der Waals surface area contributed by atoms with Crippen molar-refractivity contribution in [1.29, 1.82) is 0 Å². The van der Waals surface area contributed by atoms with E-state index in [1.54, 1.807) is 6.33 Å². The molecule has 1 aromatic heterocycles. The van der Waals surface area contributed by atoms with Crippen molar-refractivity contribution in [3.05, 3.63) is 12.2 Å². The Hall–Kier alpha value is -0.900. The van der Waals surface area contributed by atoms with Crippen molar-refractivity contribution in [1.82, 2.24) is 14.8 Å². The molecule has 0 radical (unpaired) electrons. The highest BCUT2D eigenvalue weighted by molar-refractivity contribution is 4.91. The fraction of sp³-hybridized carbons (Fsp3) is 0.714. The van der Waals surface area contributed by atoms with Gasteiger partial charge in [0.15, 0.2) is 0 Å². The second-order valence-electron chi connectivity index (χ2n) is 2.45. The van der Waals surface area contributed by atoms with Crippen molar-refractivity contribution in [3.8, 4) is 0 Å². The fourth-order valence-electron chi connectivity index (χ4n) is 0.986. The summed E-state index contributed by atoms with van der Waals surface area (Å²) in [4.78, 5) is 4.08. The van der Waals surface area contributed by atoms with E-state index in [2.05, 4.69) is 10.1 Å². The number of nitrogens with two attached hydrogens (primary N) is 1. The van der Waals surface area contributed by atoms with Crippen molar-refractivity contribution in [2.75, 3.05) is 0 Å². The lowest BCUT2D eigenvalue weighted by atomic mass is 10.2. The van der Waals surface area contributed by atoms with Gasteiger partial charge in [-0.3, -0.25) is 0 Å². The largest absolute Gasteiger partial charge is 0.321 e. The predicted octanol–water partition coefficient (Wildman–Crippen LogP) is 0.708. The molecule has 0 saturated carbocycles. The maximum absolute atomic E-state index is 5.79. The van der Waals surface area contributed by atoms with Crippen LogP contribution in [0.25, 0.3) is 0 Å².